The van der Waals surface area contributed by atoms with Crippen molar-refractivity contribution in [3.63, 3.8) is 0 Å². The van der Waals surface area contributed by atoms with E-state index in [0.29, 0.717) is 13.1 Å². The molecule has 39 heavy (non-hydrogen) atoms. The number of aromatic nitrogens is 1. The van der Waals surface area contributed by atoms with Crippen LogP contribution >= 0.6 is 0 Å². The van der Waals surface area contributed by atoms with Crippen molar-refractivity contribution in [2.24, 2.45) is 0 Å². The van der Waals surface area contributed by atoms with Crippen molar-refractivity contribution >= 4 is 22.5 Å². The predicted octanol–water partition coefficient (Wildman–Crippen LogP) is 5.34. The number of hydrogen-bond donors (Lipinski definition) is 1. The SMILES string of the molecule is COc1ccc(Cn2cc([C@H](CC(=O)NCCN3CCCC3)c3ccc([N+](=O)[O-])cc3)c3ccccc32)cc1. The number of rotatable bonds is 11. The fourth-order valence-corrected chi connectivity index (χ4v) is 5.46. The zero-order valence-corrected chi connectivity index (χ0v) is 22.2. The summed E-state index contributed by atoms with van der Waals surface area (Å²) in [6.07, 6.45) is 4.82. The molecule has 3 aromatic carbocycles. The first kappa shape index (κ1) is 26.4. The van der Waals surface area contributed by atoms with E-state index in [1.165, 1.54) is 25.0 Å². The van der Waals surface area contributed by atoms with E-state index in [-0.39, 0.29) is 23.9 Å². The standard InChI is InChI=1S/C31H34N4O4/c1-39-26-14-8-23(9-15-26)21-34-22-29(27-6-2-3-7-30(27)34)28(24-10-12-25(13-11-24)35(37)38)20-31(36)32-16-19-33-17-4-5-18-33/h2-3,6-15,22,28H,4-5,16-21H2,1H3,(H,32,36)/t28-/m1/s1. The van der Waals surface area contributed by atoms with E-state index >= 15 is 0 Å². The number of nitro groups is 1. The van der Waals surface area contributed by atoms with Gasteiger partial charge in [-0.2, -0.15) is 0 Å². The maximum Gasteiger partial charge on any atom is 0.269 e. The number of para-hydroxylation sites is 1. The molecular formula is C31H34N4O4. The normalized spacial score (nSPS) is 14.4. The third kappa shape index (κ3) is 6.29. The van der Waals surface area contributed by atoms with E-state index in [1.54, 1.807) is 19.2 Å². The van der Waals surface area contributed by atoms with Gasteiger partial charge in [0.1, 0.15) is 5.75 Å². The van der Waals surface area contributed by atoms with Gasteiger partial charge in [0.2, 0.25) is 5.91 Å². The minimum atomic E-state index is -0.398. The second kappa shape index (κ2) is 12.1. The smallest absolute Gasteiger partial charge is 0.269 e. The zero-order chi connectivity index (χ0) is 27.2. The van der Waals surface area contributed by atoms with Gasteiger partial charge in [-0.3, -0.25) is 14.9 Å². The fourth-order valence-electron chi connectivity index (χ4n) is 5.46. The summed E-state index contributed by atoms with van der Waals surface area (Å²) in [4.78, 5) is 26.4. The number of nitro benzene ring substituents is 1. The Balaban J connectivity index is 1.45. The monoisotopic (exact) mass is 526 g/mol. The van der Waals surface area contributed by atoms with Crippen LogP contribution in [0.25, 0.3) is 10.9 Å². The fraction of sp³-hybridized carbons (Fsp3) is 0.323. The molecule has 0 saturated carbocycles. The molecule has 8 nitrogen and oxygen atoms in total. The van der Waals surface area contributed by atoms with Crippen LogP contribution in [0.2, 0.25) is 0 Å². The number of nitrogens with one attached hydrogen (secondary N) is 1. The molecule has 1 aliphatic heterocycles. The average Bonchev–Trinajstić information content (AvgIpc) is 3.61. The highest BCUT2D eigenvalue weighted by Gasteiger charge is 2.24. The van der Waals surface area contributed by atoms with Crippen LogP contribution in [0.15, 0.2) is 79.0 Å². The van der Waals surface area contributed by atoms with Gasteiger partial charge in [0.25, 0.3) is 5.69 Å². The third-order valence-electron chi connectivity index (χ3n) is 7.55. The minimum Gasteiger partial charge on any atom is -0.497 e. The van der Waals surface area contributed by atoms with E-state index in [9.17, 15) is 14.9 Å². The molecule has 1 aliphatic rings. The number of hydrogen-bond acceptors (Lipinski definition) is 5. The number of carbonyl (C=O) groups excluding carboxylic acids is 1. The summed E-state index contributed by atoms with van der Waals surface area (Å²) in [6, 6.07) is 22.8. The molecule has 2 heterocycles. The molecule has 1 aromatic heterocycles. The summed E-state index contributed by atoms with van der Waals surface area (Å²) < 4.78 is 7.51. The number of ether oxygens (including phenoxy) is 1. The van der Waals surface area contributed by atoms with Crippen molar-refractivity contribution in [2.45, 2.75) is 31.7 Å². The predicted molar refractivity (Wildman–Crippen MR) is 152 cm³/mol. The first-order valence-corrected chi connectivity index (χ1v) is 13.5. The van der Waals surface area contributed by atoms with E-state index in [4.69, 9.17) is 4.74 Å². The van der Waals surface area contributed by atoms with Crippen LogP contribution < -0.4 is 10.1 Å². The lowest BCUT2D eigenvalue weighted by Crippen LogP contribution is -2.34. The van der Waals surface area contributed by atoms with Crippen molar-refractivity contribution < 1.29 is 14.5 Å². The summed E-state index contributed by atoms with van der Waals surface area (Å²) >= 11 is 0. The van der Waals surface area contributed by atoms with E-state index in [2.05, 4.69) is 45.2 Å². The molecule has 0 unspecified atom stereocenters. The van der Waals surface area contributed by atoms with Crippen LogP contribution in [0.4, 0.5) is 5.69 Å². The van der Waals surface area contributed by atoms with Crippen molar-refractivity contribution in [2.75, 3.05) is 33.3 Å². The van der Waals surface area contributed by atoms with Gasteiger partial charge in [0.05, 0.1) is 12.0 Å². The molecule has 0 spiro atoms. The Morgan fingerprint density at radius 3 is 2.44 bits per heavy atom. The molecule has 0 radical (unpaired) electrons. The summed E-state index contributed by atoms with van der Waals surface area (Å²) in [5, 5.41) is 15.5. The summed E-state index contributed by atoms with van der Waals surface area (Å²) in [5.41, 5.74) is 4.15. The Kier molecular flexibility index (Phi) is 8.22. The van der Waals surface area contributed by atoms with Gasteiger partial charge in [-0.25, -0.2) is 0 Å². The van der Waals surface area contributed by atoms with Crippen molar-refractivity contribution in [3.05, 3.63) is 106 Å². The lowest BCUT2D eigenvalue weighted by molar-refractivity contribution is -0.384. The Morgan fingerprint density at radius 1 is 1.03 bits per heavy atom. The summed E-state index contributed by atoms with van der Waals surface area (Å²) in [5.74, 6) is 0.537. The van der Waals surface area contributed by atoms with Crippen LogP contribution in [0, 0.1) is 10.1 Å². The number of benzene rings is 3. The van der Waals surface area contributed by atoms with Gasteiger partial charge in [-0.15, -0.1) is 0 Å². The van der Waals surface area contributed by atoms with Crippen molar-refractivity contribution in [3.8, 4) is 5.75 Å². The van der Waals surface area contributed by atoms with Crippen LogP contribution in [-0.4, -0.2) is 53.6 Å². The number of non-ortho nitro benzene ring substituents is 1. The number of fused-ring (bicyclic) bond motifs is 1. The highest BCUT2D eigenvalue weighted by atomic mass is 16.6. The van der Waals surface area contributed by atoms with Gasteiger partial charge in [0.15, 0.2) is 0 Å². The maximum absolute atomic E-state index is 13.2. The zero-order valence-electron chi connectivity index (χ0n) is 22.2. The van der Waals surface area contributed by atoms with Gasteiger partial charge in [-0.05, 0) is 60.8 Å². The molecule has 5 rings (SSSR count). The quantitative estimate of drug-likeness (QED) is 0.210. The molecule has 8 heteroatoms. The molecule has 1 fully saturated rings. The highest BCUT2D eigenvalue weighted by molar-refractivity contribution is 5.87. The Morgan fingerprint density at radius 2 is 1.74 bits per heavy atom. The second-order valence-corrected chi connectivity index (χ2v) is 10.1. The Hall–Kier alpha value is -4.17. The number of nitrogens with zero attached hydrogens (tertiary/aromatic N) is 3. The minimum absolute atomic E-state index is 0.0236. The lowest BCUT2D eigenvalue weighted by Gasteiger charge is -2.19. The van der Waals surface area contributed by atoms with Gasteiger partial charge < -0.3 is 19.5 Å². The molecule has 1 amide bonds. The van der Waals surface area contributed by atoms with E-state index in [0.717, 1.165) is 53.0 Å². The molecule has 1 N–H and O–H groups in total. The molecule has 0 bridgehead atoms. The van der Waals surface area contributed by atoms with Gasteiger partial charge >= 0.3 is 0 Å². The molecule has 1 saturated heterocycles. The first-order chi connectivity index (χ1) is 19.0. The molecule has 0 aliphatic carbocycles. The Bertz CT molecular complexity index is 1420. The van der Waals surface area contributed by atoms with Gasteiger partial charge in [-0.1, -0.05) is 42.5 Å². The molecule has 202 valence electrons. The number of carbonyl (C=O) groups is 1. The maximum atomic E-state index is 13.2. The number of methoxy groups -OCH3 is 1. The summed E-state index contributed by atoms with van der Waals surface area (Å²) in [6.45, 7) is 4.32. The van der Waals surface area contributed by atoms with Crippen LogP contribution in [0.3, 0.4) is 0 Å². The van der Waals surface area contributed by atoms with Crippen LogP contribution in [0.1, 0.15) is 41.9 Å². The molecule has 4 aromatic rings. The second-order valence-electron chi connectivity index (χ2n) is 10.1. The number of amides is 1. The summed E-state index contributed by atoms with van der Waals surface area (Å²) in [7, 11) is 1.65. The van der Waals surface area contributed by atoms with E-state index < -0.39 is 4.92 Å². The topological polar surface area (TPSA) is 89.6 Å². The average molecular weight is 527 g/mol. The lowest BCUT2D eigenvalue weighted by atomic mass is 9.88. The van der Waals surface area contributed by atoms with Crippen molar-refractivity contribution in [1.29, 1.82) is 0 Å². The third-order valence-corrected chi connectivity index (χ3v) is 7.55. The van der Waals surface area contributed by atoms with Crippen LogP contribution in [-0.2, 0) is 11.3 Å². The first-order valence-electron chi connectivity index (χ1n) is 13.5. The van der Waals surface area contributed by atoms with Crippen molar-refractivity contribution in [1.82, 2.24) is 14.8 Å². The highest BCUT2D eigenvalue weighted by Crippen LogP contribution is 2.36. The van der Waals surface area contributed by atoms with E-state index in [1.807, 2.05) is 24.3 Å². The molecule has 1 atom stereocenters. The van der Waals surface area contributed by atoms with Crippen LogP contribution in [0.5, 0.6) is 5.75 Å². The number of likely N-dealkylation sites (tertiary alicyclic amines) is 1. The molecular weight excluding hydrogens is 492 g/mol. The Labute approximate surface area is 228 Å². The largest absolute Gasteiger partial charge is 0.497 e. The van der Waals surface area contributed by atoms with Gasteiger partial charge in [0, 0.05) is 61.2 Å².